The molecule has 0 aliphatic heterocycles. The summed E-state index contributed by atoms with van der Waals surface area (Å²) in [7, 11) is -4.08. The Balaban J connectivity index is 2.17. The van der Waals surface area contributed by atoms with Crippen LogP contribution in [0.4, 0.5) is 8.78 Å². The SMILES string of the molecule is C=Cc1ccc(S(=O)(=O)C2(c3cc(F)ccc3F)CCC(C(N)=O)CC2)cc1. The lowest BCUT2D eigenvalue weighted by molar-refractivity contribution is -0.122. The molecule has 0 aromatic heterocycles. The lowest BCUT2D eigenvalue weighted by atomic mass is 9.77. The van der Waals surface area contributed by atoms with Crippen molar-refractivity contribution in [3.05, 3.63) is 71.8 Å². The minimum absolute atomic E-state index is 0.0132. The standard InChI is InChI=1S/C21H21F2NO3S/c1-2-14-3-6-17(7-4-14)28(26,27)21(11-9-15(10-12-21)20(24)25)18-13-16(22)5-8-19(18)23/h2-8,13,15H,1,9-12H2,(H2,24,25). The molecule has 3 rings (SSSR count). The van der Waals surface area contributed by atoms with Crippen molar-refractivity contribution in [2.45, 2.75) is 35.3 Å². The summed E-state index contributed by atoms with van der Waals surface area (Å²) in [5.41, 5.74) is 5.90. The second-order valence-electron chi connectivity index (χ2n) is 7.07. The van der Waals surface area contributed by atoms with Gasteiger partial charge in [-0.15, -0.1) is 0 Å². The molecule has 1 fully saturated rings. The summed E-state index contributed by atoms with van der Waals surface area (Å²) in [4.78, 5) is 11.6. The van der Waals surface area contributed by atoms with Gasteiger partial charge >= 0.3 is 0 Å². The highest BCUT2D eigenvalue weighted by Gasteiger charge is 2.50. The predicted octanol–water partition coefficient (Wildman–Crippen LogP) is 3.95. The van der Waals surface area contributed by atoms with Gasteiger partial charge in [-0.2, -0.15) is 0 Å². The van der Waals surface area contributed by atoms with E-state index < -0.39 is 38.0 Å². The Morgan fingerprint density at radius 2 is 1.71 bits per heavy atom. The van der Waals surface area contributed by atoms with E-state index in [1.165, 1.54) is 12.1 Å². The summed E-state index contributed by atoms with van der Waals surface area (Å²) in [6, 6.07) is 8.90. The summed E-state index contributed by atoms with van der Waals surface area (Å²) in [5.74, 6) is -2.50. The number of primary amides is 1. The molecule has 4 nitrogen and oxygen atoms in total. The first-order valence-corrected chi connectivity index (χ1v) is 10.4. The third-order valence-corrected chi connectivity index (χ3v) is 8.11. The van der Waals surface area contributed by atoms with E-state index in [2.05, 4.69) is 6.58 Å². The number of carbonyl (C=O) groups is 1. The number of carbonyl (C=O) groups excluding carboxylic acids is 1. The maximum absolute atomic E-state index is 14.7. The van der Waals surface area contributed by atoms with Gasteiger partial charge in [-0.25, -0.2) is 17.2 Å². The average molecular weight is 405 g/mol. The number of sulfone groups is 1. The van der Waals surface area contributed by atoms with Crippen LogP contribution in [0.25, 0.3) is 6.08 Å². The number of amides is 1. The Kier molecular flexibility index (Phi) is 5.39. The second kappa shape index (κ2) is 7.47. The highest BCUT2D eigenvalue weighted by atomic mass is 32.2. The number of rotatable bonds is 5. The molecule has 7 heteroatoms. The van der Waals surface area contributed by atoms with Gasteiger partial charge in [0, 0.05) is 11.5 Å². The minimum atomic E-state index is -4.08. The monoisotopic (exact) mass is 405 g/mol. The molecule has 1 aliphatic carbocycles. The van der Waals surface area contributed by atoms with Crippen LogP contribution in [0.15, 0.2) is 53.9 Å². The summed E-state index contributed by atoms with van der Waals surface area (Å²) < 4.78 is 54.2. The molecule has 1 aliphatic rings. The van der Waals surface area contributed by atoms with Gasteiger partial charge in [0.05, 0.1) is 4.90 Å². The first-order valence-electron chi connectivity index (χ1n) is 8.93. The molecule has 28 heavy (non-hydrogen) atoms. The van der Waals surface area contributed by atoms with Gasteiger partial charge in [0.15, 0.2) is 9.84 Å². The van der Waals surface area contributed by atoms with Gasteiger partial charge in [-0.3, -0.25) is 4.79 Å². The summed E-state index contributed by atoms with van der Waals surface area (Å²) >= 11 is 0. The van der Waals surface area contributed by atoms with Gasteiger partial charge in [-0.1, -0.05) is 24.8 Å². The minimum Gasteiger partial charge on any atom is -0.369 e. The van der Waals surface area contributed by atoms with E-state index in [-0.39, 0.29) is 36.1 Å². The average Bonchev–Trinajstić information content (AvgIpc) is 2.69. The maximum atomic E-state index is 14.7. The van der Waals surface area contributed by atoms with Crippen LogP contribution in [-0.2, 0) is 19.4 Å². The molecule has 1 saturated carbocycles. The molecule has 0 spiro atoms. The number of benzene rings is 2. The highest BCUT2D eigenvalue weighted by Crippen LogP contribution is 2.49. The van der Waals surface area contributed by atoms with Crippen molar-refractivity contribution in [3.63, 3.8) is 0 Å². The first-order chi connectivity index (χ1) is 13.2. The Morgan fingerprint density at radius 1 is 1.11 bits per heavy atom. The van der Waals surface area contributed by atoms with Crippen LogP contribution in [0, 0.1) is 17.6 Å². The first kappa shape index (κ1) is 20.2. The topological polar surface area (TPSA) is 77.2 Å². The van der Waals surface area contributed by atoms with E-state index in [0.717, 1.165) is 23.8 Å². The van der Waals surface area contributed by atoms with E-state index in [1.807, 2.05) is 0 Å². The summed E-state index contributed by atoms with van der Waals surface area (Å²) in [6.45, 7) is 3.64. The normalized spacial score (nSPS) is 22.6. The molecule has 2 aromatic carbocycles. The molecule has 0 saturated heterocycles. The van der Waals surface area contributed by atoms with Crippen molar-refractivity contribution in [2.24, 2.45) is 11.7 Å². The van der Waals surface area contributed by atoms with E-state index in [4.69, 9.17) is 5.73 Å². The largest absolute Gasteiger partial charge is 0.369 e. The van der Waals surface area contributed by atoms with E-state index in [9.17, 15) is 22.0 Å². The summed E-state index contributed by atoms with van der Waals surface area (Å²) in [6.07, 6.45) is 1.92. The molecule has 2 aromatic rings. The van der Waals surface area contributed by atoms with Crippen molar-refractivity contribution in [2.75, 3.05) is 0 Å². The smallest absolute Gasteiger partial charge is 0.220 e. The van der Waals surface area contributed by atoms with Crippen LogP contribution in [0.3, 0.4) is 0 Å². The fourth-order valence-electron chi connectivity index (χ4n) is 3.91. The van der Waals surface area contributed by atoms with Crippen molar-refractivity contribution in [1.29, 1.82) is 0 Å². The van der Waals surface area contributed by atoms with E-state index >= 15 is 0 Å². The molecule has 0 unspecified atom stereocenters. The van der Waals surface area contributed by atoms with Crippen LogP contribution in [-0.4, -0.2) is 14.3 Å². The number of hydrogen-bond acceptors (Lipinski definition) is 3. The Morgan fingerprint density at radius 3 is 2.25 bits per heavy atom. The zero-order valence-corrected chi connectivity index (χ0v) is 16.0. The second-order valence-corrected chi connectivity index (χ2v) is 9.33. The van der Waals surface area contributed by atoms with Crippen LogP contribution >= 0.6 is 0 Å². The van der Waals surface area contributed by atoms with Crippen LogP contribution in [0.5, 0.6) is 0 Å². The fourth-order valence-corrected chi connectivity index (χ4v) is 6.07. The third kappa shape index (κ3) is 3.35. The van der Waals surface area contributed by atoms with Crippen molar-refractivity contribution in [3.8, 4) is 0 Å². The number of halogens is 2. The van der Waals surface area contributed by atoms with Crippen molar-refractivity contribution in [1.82, 2.24) is 0 Å². The van der Waals surface area contributed by atoms with Crippen LogP contribution < -0.4 is 5.73 Å². The zero-order valence-electron chi connectivity index (χ0n) is 15.2. The molecular weight excluding hydrogens is 384 g/mol. The fraction of sp³-hybridized carbons (Fsp3) is 0.286. The van der Waals surface area contributed by atoms with Gasteiger partial charge < -0.3 is 5.73 Å². The maximum Gasteiger partial charge on any atom is 0.220 e. The number of nitrogens with two attached hydrogens (primary N) is 1. The molecular formula is C21H21F2NO3S. The van der Waals surface area contributed by atoms with Gasteiger partial charge in [0.2, 0.25) is 5.91 Å². The highest BCUT2D eigenvalue weighted by molar-refractivity contribution is 7.92. The van der Waals surface area contributed by atoms with Crippen molar-refractivity contribution < 1.29 is 22.0 Å². The third-order valence-electron chi connectivity index (χ3n) is 5.56. The van der Waals surface area contributed by atoms with Crippen molar-refractivity contribution >= 4 is 21.8 Å². The lowest BCUT2D eigenvalue weighted by Crippen LogP contribution is -2.42. The van der Waals surface area contributed by atoms with Crippen LogP contribution in [0.1, 0.15) is 36.8 Å². The Bertz CT molecular complexity index is 1010. The zero-order chi connectivity index (χ0) is 20.5. The van der Waals surface area contributed by atoms with Gasteiger partial charge in [0.25, 0.3) is 0 Å². The number of hydrogen-bond donors (Lipinski definition) is 1. The molecule has 0 atom stereocenters. The molecule has 1 amide bonds. The molecule has 0 heterocycles. The predicted molar refractivity (Wildman–Crippen MR) is 103 cm³/mol. The molecule has 0 bridgehead atoms. The van der Waals surface area contributed by atoms with Gasteiger partial charge in [-0.05, 0) is 61.6 Å². The van der Waals surface area contributed by atoms with Gasteiger partial charge in [0.1, 0.15) is 16.4 Å². The molecule has 0 radical (unpaired) electrons. The quantitative estimate of drug-likeness (QED) is 0.818. The summed E-state index contributed by atoms with van der Waals surface area (Å²) in [5, 5.41) is 0. The Hall–Kier alpha value is -2.54. The van der Waals surface area contributed by atoms with E-state index in [0.29, 0.717) is 0 Å². The Labute approximate surface area is 163 Å². The lowest BCUT2D eigenvalue weighted by Gasteiger charge is -2.39. The van der Waals surface area contributed by atoms with E-state index in [1.54, 1.807) is 18.2 Å². The molecule has 2 N–H and O–H groups in total. The molecule has 148 valence electrons. The van der Waals surface area contributed by atoms with Crippen LogP contribution in [0.2, 0.25) is 0 Å².